The highest BCUT2D eigenvalue weighted by Gasteiger charge is 2.06. The van der Waals surface area contributed by atoms with Crippen molar-refractivity contribution in [1.29, 1.82) is 5.26 Å². The quantitative estimate of drug-likeness (QED) is 0.790. The van der Waals surface area contributed by atoms with Gasteiger partial charge in [0.15, 0.2) is 0 Å². The zero-order valence-electron chi connectivity index (χ0n) is 11.3. The van der Waals surface area contributed by atoms with Gasteiger partial charge in [-0.15, -0.1) is 11.3 Å². The Morgan fingerprint density at radius 2 is 2.10 bits per heavy atom. The molecule has 0 spiro atoms. The topological polar surface area (TPSA) is 65.3 Å². The second-order valence-electron chi connectivity index (χ2n) is 4.42. The molecule has 0 aliphatic carbocycles. The summed E-state index contributed by atoms with van der Waals surface area (Å²) in [6.45, 7) is 1.39. The Kier molecular flexibility index (Phi) is 6.21. The largest absolute Gasteiger partial charge is 0.491 e. The third kappa shape index (κ3) is 5.14. The first-order chi connectivity index (χ1) is 10.2. The normalized spacial score (nSPS) is 11.9. The van der Waals surface area contributed by atoms with E-state index in [0.717, 1.165) is 4.47 Å². The molecule has 1 atom stereocenters. The summed E-state index contributed by atoms with van der Waals surface area (Å²) in [5.41, 5.74) is 0.589. The molecular weight excluding hydrogens is 352 g/mol. The van der Waals surface area contributed by atoms with Gasteiger partial charge >= 0.3 is 0 Å². The highest BCUT2D eigenvalue weighted by atomic mass is 79.9. The van der Waals surface area contributed by atoms with Crippen LogP contribution < -0.4 is 10.1 Å². The number of hydrogen-bond donors (Lipinski definition) is 2. The standard InChI is InChI=1S/C15H15BrN2O2S/c16-14-5-6-21-15(14)9-18-8-12(19)10-20-13-3-1-11(7-17)2-4-13/h1-6,12,18-19H,8-10H2. The molecule has 1 heterocycles. The van der Waals surface area contributed by atoms with E-state index in [1.165, 1.54) is 4.88 Å². The lowest BCUT2D eigenvalue weighted by molar-refractivity contribution is 0.106. The zero-order chi connectivity index (χ0) is 15.1. The second kappa shape index (κ2) is 8.15. The Balaban J connectivity index is 1.68. The molecule has 4 nitrogen and oxygen atoms in total. The Labute approximate surface area is 136 Å². The number of thiophene rings is 1. The van der Waals surface area contributed by atoms with Gasteiger partial charge < -0.3 is 15.2 Å². The van der Waals surface area contributed by atoms with Crippen LogP contribution in [0.1, 0.15) is 10.4 Å². The summed E-state index contributed by atoms with van der Waals surface area (Å²) in [7, 11) is 0. The van der Waals surface area contributed by atoms with Crippen LogP contribution in [0.25, 0.3) is 0 Å². The van der Waals surface area contributed by atoms with E-state index < -0.39 is 6.10 Å². The number of benzene rings is 1. The monoisotopic (exact) mass is 366 g/mol. The maximum Gasteiger partial charge on any atom is 0.119 e. The molecule has 2 rings (SSSR count). The van der Waals surface area contributed by atoms with Gasteiger partial charge in [0, 0.05) is 22.4 Å². The number of aliphatic hydroxyl groups is 1. The Morgan fingerprint density at radius 1 is 1.33 bits per heavy atom. The molecular formula is C15H15BrN2O2S. The van der Waals surface area contributed by atoms with Gasteiger partial charge in [0.2, 0.25) is 0 Å². The predicted molar refractivity (Wildman–Crippen MR) is 86.4 cm³/mol. The lowest BCUT2D eigenvalue weighted by Gasteiger charge is -2.13. The van der Waals surface area contributed by atoms with Crippen molar-refractivity contribution in [2.75, 3.05) is 13.2 Å². The summed E-state index contributed by atoms with van der Waals surface area (Å²) in [5, 5.41) is 23.8. The molecule has 1 aromatic carbocycles. The number of ether oxygens (including phenoxy) is 1. The van der Waals surface area contributed by atoms with E-state index >= 15 is 0 Å². The van der Waals surface area contributed by atoms with E-state index in [1.54, 1.807) is 35.6 Å². The third-order valence-corrected chi connectivity index (χ3v) is 4.71. The van der Waals surface area contributed by atoms with Crippen LogP contribution in [0.15, 0.2) is 40.2 Å². The molecule has 1 unspecified atom stereocenters. The van der Waals surface area contributed by atoms with Gasteiger partial charge in [0.25, 0.3) is 0 Å². The average Bonchev–Trinajstić information content (AvgIpc) is 2.91. The summed E-state index contributed by atoms with van der Waals surface area (Å²) < 4.78 is 6.56. The molecule has 0 radical (unpaired) electrons. The van der Waals surface area contributed by atoms with Crippen LogP contribution in [0.4, 0.5) is 0 Å². The zero-order valence-corrected chi connectivity index (χ0v) is 13.7. The first-order valence-electron chi connectivity index (χ1n) is 6.42. The fourth-order valence-electron chi connectivity index (χ4n) is 1.68. The van der Waals surface area contributed by atoms with Gasteiger partial charge in [-0.25, -0.2) is 0 Å². The molecule has 1 aromatic heterocycles. The first-order valence-corrected chi connectivity index (χ1v) is 8.10. The van der Waals surface area contributed by atoms with Crippen LogP contribution >= 0.6 is 27.3 Å². The minimum absolute atomic E-state index is 0.213. The maximum absolute atomic E-state index is 9.86. The summed E-state index contributed by atoms with van der Waals surface area (Å²) in [6.07, 6.45) is -0.584. The van der Waals surface area contributed by atoms with E-state index in [0.29, 0.717) is 24.4 Å². The molecule has 0 aliphatic heterocycles. The third-order valence-electron chi connectivity index (χ3n) is 2.78. The lowest BCUT2D eigenvalue weighted by Crippen LogP contribution is -2.31. The average molecular weight is 367 g/mol. The molecule has 0 bridgehead atoms. The number of halogens is 1. The second-order valence-corrected chi connectivity index (χ2v) is 6.28. The van der Waals surface area contributed by atoms with Crippen molar-refractivity contribution in [1.82, 2.24) is 5.32 Å². The highest BCUT2D eigenvalue weighted by Crippen LogP contribution is 2.22. The van der Waals surface area contributed by atoms with Crippen molar-refractivity contribution in [2.24, 2.45) is 0 Å². The molecule has 110 valence electrons. The van der Waals surface area contributed by atoms with E-state index in [2.05, 4.69) is 21.2 Å². The van der Waals surface area contributed by atoms with Gasteiger partial charge in [0.1, 0.15) is 18.5 Å². The molecule has 2 N–H and O–H groups in total. The first kappa shape index (κ1) is 16.0. The van der Waals surface area contributed by atoms with Crippen molar-refractivity contribution in [3.63, 3.8) is 0 Å². The maximum atomic E-state index is 9.86. The number of rotatable bonds is 7. The number of nitrogens with zero attached hydrogens (tertiary/aromatic N) is 1. The molecule has 0 fully saturated rings. The molecule has 0 aliphatic rings. The van der Waals surface area contributed by atoms with Gasteiger partial charge in [-0.2, -0.15) is 5.26 Å². The Hall–Kier alpha value is -1.39. The minimum Gasteiger partial charge on any atom is -0.491 e. The van der Waals surface area contributed by atoms with E-state index in [1.807, 2.05) is 17.5 Å². The fraction of sp³-hybridized carbons (Fsp3) is 0.267. The van der Waals surface area contributed by atoms with Crippen molar-refractivity contribution < 1.29 is 9.84 Å². The smallest absolute Gasteiger partial charge is 0.119 e. The number of nitrogens with one attached hydrogen (secondary N) is 1. The van der Waals surface area contributed by atoms with Crippen molar-refractivity contribution >= 4 is 27.3 Å². The van der Waals surface area contributed by atoms with Gasteiger partial charge in [-0.05, 0) is 51.6 Å². The van der Waals surface area contributed by atoms with Crippen LogP contribution in [0.5, 0.6) is 5.75 Å². The van der Waals surface area contributed by atoms with Gasteiger partial charge in [-0.3, -0.25) is 0 Å². The molecule has 0 saturated carbocycles. The van der Waals surface area contributed by atoms with Crippen LogP contribution in [-0.4, -0.2) is 24.4 Å². The van der Waals surface area contributed by atoms with Crippen LogP contribution in [0.2, 0.25) is 0 Å². The highest BCUT2D eigenvalue weighted by molar-refractivity contribution is 9.10. The SMILES string of the molecule is N#Cc1ccc(OCC(O)CNCc2sccc2Br)cc1. The predicted octanol–water partition coefficient (Wildman–Crippen LogP) is 2.91. The van der Waals surface area contributed by atoms with Crippen LogP contribution in [-0.2, 0) is 6.54 Å². The minimum atomic E-state index is -0.584. The van der Waals surface area contributed by atoms with Gasteiger partial charge in [0.05, 0.1) is 11.6 Å². The van der Waals surface area contributed by atoms with E-state index in [4.69, 9.17) is 10.00 Å². The molecule has 0 amide bonds. The Bertz CT molecular complexity index is 607. The molecule has 2 aromatic rings. The van der Waals surface area contributed by atoms with Crippen LogP contribution in [0, 0.1) is 11.3 Å². The van der Waals surface area contributed by atoms with Crippen molar-refractivity contribution in [3.8, 4) is 11.8 Å². The van der Waals surface area contributed by atoms with Crippen molar-refractivity contribution in [3.05, 3.63) is 50.6 Å². The van der Waals surface area contributed by atoms with Crippen molar-refractivity contribution in [2.45, 2.75) is 12.6 Å². The number of nitriles is 1. The number of aliphatic hydroxyl groups excluding tert-OH is 1. The van der Waals surface area contributed by atoms with E-state index in [9.17, 15) is 5.11 Å². The molecule has 0 saturated heterocycles. The summed E-state index contributed by atoms with van der Waals surface area (Å²) >= 11 is 5.13. The Morgan fingerprint density at radius 3 is 2.71 bits per heavy atom. The summed E-state index contributed by atoms with van der Waals surface area (Å²) in [6, 6.07) is 10.9. The van der Waals surface area contributed by atoms with E-state index in [-0.39, 0.29) is 6.61 Å². The fourth-order valence-corrected chi connectivity index (χ4v) is 3.14. The lowest BCUT2D eigenvalue weighted by atomic mass is 10.2. The number of hydrogen-bond acceptors (Lipinski definition) is 5. The summed E-state index contributed by atoms with van der Waals surface area (Å²) in [4.78, 5) is 1.20. The van der Waals surface area contributed by atoms with Gasteiger partial charge in [-0.1, -0.05) is 0 Å². The van der Waals surface area contributed by atoms with Crippen LogP contribution in [0.3, 0.4) is 0 Å². The molecule has 21 heavy (non-hydrogen) atoms. The molecule has 6 heteroatoms. The summed E-state index contributed by atoms with van der Waals surface area (Å²) in [5.74, 6) is 0.647.